The summed E-state index contributed by atoms with van der Waals surface area (Å²) in [7, 11) is 0. The van der Waals surface area contributed by atoms with E-state index in [2.05, 4.69) is 4.98 Å². The van der Waals surface area contributed by atoms with Gasteiger partial charge in [-0.25, -0.2) is 0 Å². The van der Waals surface area contributed by atoms with Gasteiger partial charge in [0.05, 0.1) is 25.3 Å². The lowest BCUT2D eigenvalue weighted by Gasteiger charge is -2.38. The van der Waals surface area contributed by atoms with E-state index in [-0.39, 0.29) is 18.0 Å². The maximum absolute atomic E-state index is 12.3. The lowest BCUT2D eigenvalue weighted by atomic mass is 10.1. The molecule has 2 rings (SSSR count). The minimum absolute atomic E-state index is 0.186. The van der Waals surface area contributed by atoms with E-state index in [1.54, 1.807) is 6.20 Å². The Morgan fingerprint density at radius 3 is 2.74 bits per heavy atom. The molecule has 0 N–H and O–H groups in total. The van der Waals surface area contributed by atoms with Crippen molar-refractivity contribution in [2.75, 3.05) is 13.2 Å². The summed E-state index contributed by atoms with van der Waals surface area (Å²) in [4.78, 5) is 18.5. The topological polar surface area (TPSA) is 42.4 Å². The molecule has 1 saturated heterocycles. The summed E-state index contributed by atoms with van der Waals surface area (Å²) in [6.45, 7) is 5.39. The van der Waals surface area contributed by atoms with Crippen LogP contribution in [0.5, 0.6) is 0 Å². The largest absolute Gasteiger partial charge is 0.377 e. The number of amides is 1. The van der Waals surface area contributed by atoms with Gasteiger partial charge in [-0.05, 0) is 38.8 Å². The van der Waals surface area contributed by atoms with E-state index >= 15 is 0 Å². The second-order valence-electron chi connectivity index (χ2n) is 5.21. The molecule has 0 bridgehead atoms. The summed E-state index contributed by atoms with van der Waals surface area (Å²) < 4.78 is 5.44. The molecule has 0 saturated carbocycles. The third-order valence-corrected chi connectivity index (χ3v) is 3.51. The zero-order valence-electron chi connectivity index (χ0n) is 11.7. The monoisotopic (exact) mass is 262 g/mol. The normalized spacial score (nSPS) is 23.4. The minimum atomic E-state index is 0.186. The Morgan fingerprint density at radius 2 is 2.11 bits per heavy atom. The Balaban J connectivity index is 1.80. The Hall–Kier alpha value is -1.42. The van der Waals surface area contributed by atoms with E-state index in [0.29, 0.717) is 19.6 Å². The number of hydrogen-bond donors (Lipinski definition) is 0. The van der Waals surface area contributed by atoms with Crippen LogP contribution >= 0.6 is 0 Å². The molecule has 2 atom stereocenters. The first-order chi connectivity index (χ1) is 9.18. The molecule has 2 heterocycles. The van der Waals surface area contributed by atoms with E-state index in [9.17, 15) is 4.79 Å². The van der Waals surface area contributed by atoms with Crippen molar-refractivity contribution in [3.63, 3.8) is 0 Å². The quantitative estimate of drug-likeness (QED) is 0.834. The zero-order chi connectivity index (χ0) is 13.7. The maximum Gasteiger partial charge on any atom is 0.223 e. The second kappa shape index (κ2) is 6.66. The number of carbonyl (C=O) groups is 1. The van der Waals surface area contributed by atoms with Gasteiger partial charge in [-0.2, -0.15) is 0 Å². The molecule has 4 nitrogen and oxygen atoms in total. The first kappa shape index (κ1) is 14.0. The molecule has 0 aromatic carbocycles. The molecule has 0 aliphatic carbocycles. The SMILES string of the molecule is CC1COCC(C)N1C(=O)CCCc1ccccn1. The highest BCUT2D eigenvalue weighted by atomic mass is 16.5. The molecule has 104 valence electrons. The molecule has 1 aliphatic heterocycles. The first-order valence-corrected chi connectivity index (χ1v) is 6.97. The van der Waals surface area contributed by atoms with Gasteiger partial charge in [0.15, 0.2) is 0 Å². The fourth-order valence-electron chi connectivity index (χ4n) is 2.59. The molecular weight excluding hydrogens is 240 g/mol. The van der Waals surface area contributed by atoms with Gasteiger partial charge in [0, 0.05) is 18.3 Å². The first-order valence-electron chi connectivity index (χ1n) is 6.97. The minimum Gasteiger partial charge on any atom is -0.377 e. The molecule has 2 unspecified atom stereocenters. The Labute approximate surface area is 114 Å². The number of morpholine rings is 1. The van der Waals surface area contributed by atoms with Gasteiger partial charge >= 0.3 is 0 Å². The molecule has 1 aromatic heterocycles. The summed E-state index contributed by atoms with van der Waals surface area (Å²) >= 11 is 0. The van der Waals surface area contributed by atoms with Gasteiger partial charge in [0.2, 0.25) is 5.91 Å². The number of nitrogens with zero attached hydrogens (tertiary/aromatic N) is 2. The maximum atomic E-state index is 12.3. The van der Waals surface area contributed by atoms with Crippen LogP contribution in [-0.4, -0.2) is 41.1 Å². The number of aromatic nitrogens is 1. The van der Waals surface area contributed by atoms with Crippen LogP contribution in [0.2, 0.25) is 0 Å². The van der Waals surface area contributed by atoms with Crippen molar-refractivity contribution in [1.29, 1.82) is 0 Å². The number of carbonyl (C=O) groups excluding carboxylic acids is 1. The van der Waals surface area contributed by atoms with Crippen LogP contribution in [0.15, 0.2) is 24.4 Å². The molecule has 1 amide bonds. The summed E-state index contributed by atoms with van der Waals surface area (Å²) in [6, 6.07) is 6.27. The third-order valence-electron chi connectivity index (χ3n) is 3.51. The van der Waals surface area contributed by atoms with Crippen molar-refractivity contribution in [1.82, 2.24) is 9.88 Å². The summed E-state index contributed by atoms with van der Waals surface area (Å²) in [5.41, 5.74) is 1.05. The molecule has 19 heavy (non-hydrogen) atoms. The number of rotatable bonds is 4. The van der Waals surface area contributed by atoms with E-state index in [0.717, 1.165) is 18.5 Å². The Bertz CT molecular complexity index is 398. The molecule has 0 spiro atoms. The van der Waals surface area contributed by atoms with E-state index in [1.807, 2.05) is 36.9 Å². The van der Waals surface area contributed by atoms with Crippen LogP contribution in [0.4, 0.5) is 0 Å². The highest BCUT2D eigenvalue weighted by Gasteiger charge is 2.28. The molecule has 1 aliphatic rings. The number of pyridine rings is 1. The summed E-state index contributed by atoms with van der Waals surface area (Å²) in [5, 5.41) is 0. The molecule has 0 radical (unpaired) electrons. The second-order valence-corrected chi connectivity index (χ2v) is 5.21. The highest BCUT2D eigenvalue weighted by Crippen LogP contribution is 2.15. The van der Waals surface area contributed by atoms with Crippen LogP contribution in [0, 0.1) is 0 Å². The van der Waals surface area contributed by atoms with Crippen molar-refractivity contribution < 1.29 is 9.53 Å². The van der Waals surface area contributed by atoms with Crippen LogP contribution in [0.3, 0.4) is 0 Å². The van der Waals surface area contributed by atoms with E-state index in [4.69, 9.17) is 4.74 Å². The van der Waals surface area contributed by atoms with Gasteiger partial charge in [0.25, 0.3) is 0 Å². The predicted octanol–water partition coefficient (Wildman–Crippen LogP) is 2.04. The third kappa shape index (κ3) is 3.77. The lowest BCUT2D eigenvalue weighted by Crippen LogP contribution is -2.52. The summed E-state index contributed by atoms with van der Waals surface area (Å²) in [6.07, 6.45) is 4.10. The Morgan fingerprint density at radius 1 is 1.37 bits per heavy atom. The predicted molar refractivity (Wildman–Crippen MR) is 73.8 cm³/mol. The van der Waals surface area contributed by atoms with Crippen LogP contribution in [0.25, 0.3) is 0 Å². The molecule has 4 heteroatoms. The molecule has 1 fully saturated rings. The average Bonchev–Trinajstić information content (AvgIpc) is 2.40. The van der Waals surface area contributed by atoms with Crippen molar-refractivity contribution in [3.05, 3.63) is 30.1 Å². The number of hydrogen-bond acceptors (Lipinski definition) is 3. The van der Waals surface area contributed by atoms with E-state index < -0.39 is 0 Å². The smallest absolute Gasteiger partial charge is 0.223 e. The molecular formula is C15H22N2O2. The van der Waals surface area contributed by atoms with Crippen LogP contribution in [0.1, 0.15) is 32.4 Å². The van der Waals surface area contributed by atoms with Crippen molar-refractivity contribution in [2.45, 2.75) is 45.2 Å². The van der Waals surface area contributed by atoms with Crippen molar-refractivity contribution >= 4 is 5.91 Å². The zero-order valence-corrected chi connectivity index (χ0v) is 11.7. The van der Waals surface area contributed by atoms with Crippen LogP contribution in [-0.2, 0) is 16.0 Å². The molecule has 1 aromatic rings. The van der Waals surface area contributed by atoms with Gasteiger partial charge < -0.3 is 9.64 Å². The lowest BCUT2D eigenvalue weighted by molar-refractivity contribution is -0.144. The van der Waals surface area contributed by atoms with Crippen molar-refractivity contribution in [3.8, 4) is 0 Å². The average molecular weight is 262 g/mol. The standard InChI is InChI=1S/C15H22N2O2/c1-12-10-19-11-13(2)17(12)15(18)8-5-7-14-6-3-4-9-16-14/h3-4,6,9,12-13H,5,7-8,10-11H2,1-2H3. The number of ether oxygens (including phenoxy) is 1. The van der Waals surface area contributed by atoms with Gasteiger partial charge in [-0.3, -0.25) is 9.78 Å². The van der Waals surface area contributed by atoms with Gasteiger partial charge in [0.1, 0.15) is 0 Å². The fourth-order valence-corrected chi connectivity index (χ4v) is 2.59. The van der Waals surface area contributed by atoms with Gasteiger partial charge in [-0.15, -0.1) is 0 Å². The van der Waals surface area contributed by atoms with Crippen molar-refractivity contribution in [2.24, 2.45) is 0 Å². The highest BCUT2D eigenvalue weighted by molar-refractivity contribution is 5.77. The van der Waals surface area contributed by atoms with Crippen LogP contribution < -0.4 is 0 Å². The summed E-state index contributed by atoms with van der Waals surface area (Å²) in [5.74, 6) is 0.235. The Kier molecular flexibility index (Phi) is 4.91. The fraction of sp³-hybridized carbons (Fsp3) is 0.600. The van der Waals surface area contributed by atoms with Gasteiger partial charge in [-0.1, -0.05) is 6.07 Å². The van der Waals surface area contributed by atoms with E-state index in [1.165, 1.54) is 0 Å². The number of aryl methyl sites for hydroxylation is 1.